The van der Waals surface area contributed by atoms with Gasteiger partial charge in [-0.05, 0) is 12.0 Å². The number of carbonyl (C=O) groups is 1. The van der Waals surface area contributed by atoms with Crippen molar-refractivity contribution in [3.05, 3.63) is 30.0 Å². The van der Waals surface area contributed by atoms with Crippen molar-refractivity contribution in [2.24, 2.45) is 18.9 Å². The number of para-hydroxylation sites is 1. The second-order valence-corrected chi connectivity index (χ2v) is 4.70. The molecule has 0 amide bonds. The van der Waals surface area contributed by atoms with Gasteiger partial charge < -0.3 is 0 Å². The SMILES string of the molecule is CC(C)C(C#N)C(=O)c1nn(C)c2ccccc12. The molecule has 0 saturated heterocycles. The molecule has 0 aliphatic heterocycles. The van der Waals surface area contributed by atoms with Crippen LogP contribution in [0.2, 0.25) is 0 Å². The summed E-state index contributed by atoms with van der Waals surface area (Å²) < 4.78 is 1.68. The third-order valence-corrected chi connectivity index (χ3v) is 3.08. The molecular formula is C14H15N3O. The van der Waals surface area contributed by atoms with Gasteiger partial charge in [-0.25, -0.2) is 0 Å². The number of nitrogens with zero attached hydrogens (tertiary/aromatic N) is 3. The van der Waals surface area contributed by atoms with E-state index in [0.29, 0.717) is 5.69 Å². The number of aryl methyl sites for hydroxylation is 1. The highest BCUT2D eigenvalue weighted by Crippen LogP contribution is 2.23. The van der Waals surface area contributed by atoms with Gasteiger partial charge >= 0.3 is 0 Å². The van der Waals surface area contributed by atoms with E-state index in [4.69, 9.17) is 5.26 Å². The molecule has 2 aromatic rings. The maximum absolute atomic E-state index is 12.3. The molecule has 0 saturated carbocycles. The average molecular weight is 241 g/mol. The quantitative estimate of drug-likeness (QED) is 0.776. The fraction of sp³-hybridized carbons (Fsp3) is 0.357. The smallest absolute Gasteiger partial charge is 0.201 e. The first-order chi connectivity index (χ1) is 8.56. The molecule has 0 fully saturated rings. The van der Waals surface area contributed by atoms with Crippen molar-refractivity contribution >= 4 is 16.7 Å². The van der Waals surface area contributed by atoms with Crippen molar-refractivity contribution in [3.63, 3.8) is 0 Å². The summed E-state index contributed by atoms with van der Waals surface area (Å²) in [7, 11) is 1.80. The Kier molecular flexibility index (Phi) is 3.15. The largest absolute Gasteiger partial charge is 0.291 e. The van der Waals surface area contributed by atoms with Gasteiger partial charge in [-0.2, -0.15) is 10.4 Å². The number of nitriles is 1. The second kappa shape index (κ2) is 4.61. The molecule has 1 atom stereocenters. The Balaban J connectivity index is 2.56. The molecular weight excluding hydrogens is 226 g/mol. The van der Waals surface area contributed by atoms with Gasteiger partial charge in [-0.15, -0.1) is 0 Å². The first kappa shape index (κ1) is 12.3. The zero-order valence-corrected chi connectivity index (χ0v) is 10.7. The van der Waals surface area contributed by atoms with Crippen LogP contribution in [0.5, 0.6) is 0 Å². The summed E-state index contributed by atoms with van der Waals surface area (Å²) >= 11 is 0. The van der Waals surface area contributed by atoms with Crippen molar-refractivity contribution < 1.29 is 4.79 Å². The Labute approximate surface area is 106 Å². The Morgan fingerprint density at radius 1 is 1.39 bits per heavy atom. The number of rotatable bonds is 3. The van der Waals surface area contributed by atoms with Gasteiger partial charge in [-0.3, -0.25) is 9.48 Å². The molecule has 1 heterocycles. The van der Waals surface area contributed by atoms with Crippen LogP contribution in [0.25, 0.3) is 10.9 Å². The van der Waals surface area contributed by atoms with Crippen molar-refractivity contribution in [2.75, 3.05) is 0 Å². The van der Waals surface area contributed by atoms with E-state index < -0.39 is 5.92 Å². The predicted molar refractivity (Wildman–Crippen MR) is 69.0 cm³/mol. The molecule has 4 nitrogen and oxygen atoms in total. The lowest BCUT2D eigenvalue weighted by Crippen LogP contribution is -2.19. The van der Waals surface area contributed by atoms with Crippen molar-refractivity contribution in [1.29, 1.82) is 5.26 Å². The highest BCUT2D eigenvalue weighted by Gasteiger charge is 2.27. The molecule has 1 aromatic carbocycles. The number of ketones is 1. The van der Waals surface area contributed by atoms with Gasteiger partial charge in [0.2, 0.25) is 5.78 Å². The van der Waals surface area contributed by atoms with Crippen LogP contribution in [0.4, 0.5) is 0 Å². The van der Waals surface area contributed by atoms with E-state index in [-0.39, 0.29) is 11.7 Å². The van der Waals surface area contributed by atoms with E-state index in [9.17, 15) is 4.79 Å². The topological polar surface area (TPSA) is 58.7 Å². The number of fused-ring (bicyclic) bond motifs is 1. The number of carbonyl (C=O) groups excluding carboxylic acids is 1. The molecule has 0 aliphatic rings. The van der Waals surface area contributed by atoms with E-state index in [0.717, 1.165) is 10.9 Å². The van der Waals surface area contributed by atoms with Gasteiger partial charge in [0.1, 0.15) is 11.6 Å². The van der Waals surface area contributed by atoms with Crippen LogP contribution in [0.15, 0.2) is 24.3 Å². The lowest BCUT2D eigenvalue weighted by atomic mass is 9.90. The zero-order chi connectivity index (χ0) is 13.3. The third kappa shape index (κ3) is 1.88. The number of hydrogen-bond acceptors (Lipinski definition) is 3. The lowest BCUT2D eigenvalue weighted by Gasteiger charge is -2.09. The monoisotopic (exact) mass is 241 g/mol. The average Bonchev–Trinajstić information content (AvgIpc) is 2.68. The van der Waals surface area contributed by atoms with Crippen molar-refractivity contribution in [2.45, 2.75) is 13.8 Å². The standard InChI is InChI=1S/C14H15N3O/c1-9(2)11(8-15)14(18)13-10-6-4-5-7-12(10)17(3)16-13/h4-7,9,11H,1-3H3. The Morgan fingerprint density at radius 2 is 2.06 bits per heavy atom. The second-order valence-electron chi connectivity index (χ2n) is 4.70. The minimum atomic E-state index is -0.636. The highest BCUT2D eigenvalue weighted by molar-refractivity contribution is 6.08. The fourth-order valence-electron chi connectivity index (χ4n) is 2.05. The van der Waals surface area contributed by atoms with Crippen LogP contribution < -0.4 is 0 Å². The van der Waals surface area contributed by atoms with Crippen molar-refractivity contribution in [3.8, 4) is 6.07 Å². The first-order valence-corrected chi connectivity index (χ1v) is 5.91. The number of benzene rings is 1. The maximum Gasteiger partial charge on any atom is 0.201 e. The molecule has 0 spiro atoms. The summed E-state index contributed by atoms with van der Waals surface area (Å²) in [5.41, 5.74) is 1.30. The molecule has 1 unspecified atom stereocenters. The molecule has 0 aliphatic carbocycles. The van der Waals surface area contributed by atoms with E-state index in [1.54, 1.807) is 11.7 Å². The molecule has 92 valence electrons. The zero-order valence-electron chi connectivity index (χ0n) is 10.7. The summed E-state index contributed by atoms with van der Waals surface area (Å²) in [4.78, 5) is 12.3. The highest BCUT2D eigenvalue weighted by atomic mass is 16.1. The Morgan fingerprint density at radius 3 is 2.67 bits per heavy atom. The molecule has 0 radical (unpaired) electrons. The number of hydrogen-bond donors (Lipinski definition) is 0. The van der Waals surface area contributed by atoms with Gasteiger partial charge in [0, 0.05) is 12.4 Å². The number of Topliss-reactive ketones (excluding diaryl/α,β-unsaturated/α-hetero) is 1. The van der Waals surface area contributed by atoms with Crippen LogP contribution in [-0.2, 0) is 7.05 Å². The summed E-state index contributed by atoms with van der Waals surface area (Å²) in [6, 6.07) is 9.63. The van der Waals surface area contributed by atoms with E-state index in [1.165, 1.54) is 0 Å². The van der Waals surface area contributed by atoms with Gasteiger partial charge in [0.25, 0.3) is 0 Å². The third-order valence-electron chi connectivity index (χ3n) is 3.08. The summed E-state index contributed by atoms with van der Waals surface area (Å²) in [5, 5.41) is 14.2. The van der Waals surface area contributed by atoms with Crippen LogP contribution in [0.3, 0.4) is 0 Å². The van der Waals surface area contributed by atoms with E-state index in [2.05, 4.69) is 11.2 Å². The summed E-state index contributed by atoms with van der Waals surface area (Å²) in [5.74, 6) is -0.837. The molecule has 0 N–H and O–H groups in total. The first-order valence-electron chi connectivity index (χ1n) is 5.91. The fourth-order valence-corrected chi connectivity index (χ4v) is 2.05. The molecule has 0 bridgehead atoms. The predicted octanol–water partition coefficient (Wildman–Crippen LogP) is 2.55. The van der Waals surface area contributed by atoms with Crippen molar-refractivity contribution in [1.82, 2.24) is 9.78 Å². The normalized spacial score (nSPS) is 12.6. The Bertz CT molecular complexity index is 634. The van der Waals surface area contributed by atoms with Crippen LogP contribution in [0, 0.1) is 23.2 Å². The van der Waals surface area contributed by atoms with Gasteiger partial charge in [-0.1, -0.05) is 32.0 Å². The van der Waals surface area contributed by atoms with Crippen LogP contribution >= 0.6 is 0 Å². The van der Waals surface area contributed by atoms with E-state index >= 15 is 0 Å². The summed E-state index contributed by atoms with van der Waals surface area (Å²) in [6.07, 6.45) is 0. The minimum Gasteiger partial charge on any atom is -0.291 e. The van der Waals surface area contributed by atoms with E-state index in [1.807, 2.05) is 38.1 Å². The van der Waals surface area contributed by atoms with Gasteiger partial charge in [0.05, 0.1) is 11.6 Å². The number of aromatic nitrogens is 2. The lowest BCUT2D eigenvalue weighted by molar-refractivity contribution is 0.0920. The minimum absolute atomic E-state index is 0.0109. The molecule has 4 heteroatoms. The van der Waals surface area contributed by atoms with Gasteiger partial charge in [0.15, 0.2) is 0 Å². The van der Waals surface area contributed by atoms with Crippen LogP contribution in [0.1, 0.15) is 24.3 Å². The summed E-state index contributed by atoms with van der Waals surface area (Å²) in [6.45, 7) is 3.74. The molecule has 18 heavy (non-hydrogen) atoms. The van der Waals surface area contributed by atoms with Crippen LogP contribution in [-0.4, -0.2) is 15.6 Å². The molecule has 1 aromatic heterocycles. The molecule has 2 rings (SSSR count). The Hall–Kier alpha value is -2.15. The maximum atomic E-state index is 12.3.